The molecule has 2 aromatic rings. The van der Waals surface area contributed by atoms with E-state index in [4.69, 9.17) is 11.3 Å². The van der Waals surface area contributed by atoms with Crippen molar-refractivity contribution in [3.05, 3.63) is 59.4 Å². The smallest absolute Gasteiger partial charge is 0.407 e. The third-order valence-electron chi connectivity index (χ3n) is 4.99. The van der Waals surface area contributed by atoms with Gasteiger partial charge >= 0.3 is 12.4 Å². The topological polar surface area (TPSA) is 37.1 Å². The van der Waals surface area contributed by atoms with Crippen LogP contribution in [0, 0.1) is 6.57 Å². The van der Waals surface area contributed by atoms with Gasteiger partial charge in [0.2, 0.25) is 5.91 Å². The number of halogens is 6. The summed E-state index contributed by atoms with van der Waals surface area (Å²) in [7, 11) is 0. The quantitative estimate of drug-likeness (QED) is 0.377. The monoisotopic (exact) mass is 471 g/mol. The lowest BCUT2D eigenvalue weighted by molar-refractivity contribution is -0.136. The summed E-state index contributed by atoms with van der Waals surface area (Å²) < 4.78 is 84.3. The summed E-state index contributed by atoms with van der Waals surface area (Å²) in [5, 5.41) is 0. The predicted molar refractivity (Wildman–Crippen MR) is 109 cm³/mol. The molecule has 1 fully saturated rings. The first-order chi connectivity index (χ1) is 15.5. The van der Waals surface area contributed by atoms with Gasteiger partial charge in [0.1, 0.15) is 18.9 Å². The molecule has 0 saturated carbocycles. The van der Waals surface area contributed by atoms with E-state index in [0.717, 1.165) is 23.5 Å². The fourth-order valence-electron chi connectivity index (χ4n) is 3.48. The Morgan fingerprint density at radius 2 is 1.76 bits per heavy atom. The highest BCUT2D eigenvalue weighted by Gasteiger charge is 2.35. The first kappa shape index (κ1) is 24.2. The largest absolute Gasteiger partial charge is 0.492 e. The molecule has 0 unspecified atom stereocenters. The number of carbonyl (C=O) groups excluding carboxylic acids is 1. The first-order valence-corrected chi connectivity index (χ1v) is 9.91. The molecule has 0 aromatic heterocycles. The Balaban J connectivity index is 1.71. The van der Waals surface area contributed by atoms with Gasteiger partial charge in [-0.3, -0.25) is 4.79 Å². The molecule has 3 rings (SSSR count). The third kappa shape index (κ3) is 6.31. The van der Waals surface area contributed by atoms with E-state index < -0.39 is 30.1 Å². The molecular formula is C22H19F6N3O2. The van der Waals surface area contributed by atoms with Crippen LogP contribution in [0.15, 0.2) is 42.5 Å². The van der Waals surface area contributed by atoms with Gasteiger partial charge in [0, 0.05) is 24.3 Å². The number of ether oxygens (including phenoxy) is 1. The lowest BCUT2D eigenvalue weighted by atomic mass is 10.1. The average Bonchev–Trinajstić information content (AvgIpc) is 3.17. The maximum atomic E-state index is 13.2. The second kappa shape index (κ2) is 9.60. The summed E-state index contributed by atoms with van der Waals surface area (Å²) in [6.07, 6.45) is -8.31. The molecule has 1 aliphatic heterocycles. The normalized spacial score (nSPS) is 14.3. The highest BCUT2D eigenvalue weighted by atomic mass is 19.4. The number of hydrogen-bond donors (Lipinski definition) is 0. The van der Waals surface area contributed by atoms with Crippen molar-refractivity contribution in [2.75, 3.05) is 36.0 Å². The van der Waals surface area contributed by atoms with Crippen LogP contribution in [0.3, 0.4) is 0 Å². The van der Waals surface area contributed by atoms with Crippen molar-refractivity contribution < 1.29 is 35.9 Å². The van der Waals surface area contributed by atoms with Crippen LogP contribution in [0.2, 0.25) is 0 Å². The van der Waals surface area contributed by atoms with E-state index in [1.165, 1.54) is 0 Å². The second-order valence-corrected chi connectivity index (χ2v) is 7.34. The summed E-state index contributed by atoms with van der Waals surface area (Å²) >= 11 is 0. The van der Waals surface area contributed by atoms with Gasteiger partial charge in [-0.1, -0.05) is 6.07 Å². The van der Waals surface area contributed by atoms with Gasteiger partial charge in [-0.25, -0.2) is 4.85 Å². The Morgan fingerprint density at radius 1 is 1.06 bits per heavy atom. The van der Waals surface area contributed by atoms with E-state index in [1.807, 2.05) is 0 Å². The predicted octanol–water partition coefficient (Wildman–Crippen LogP) is 5.83. The van der Waals surface area contributed by atoms with Crippen LogP contribution < -0.4 is 14.5 Å². The molecule has 176 valence electrons. The Kier molecular flexibility index (Phi) is 7.05. The summed E-state index contributed by atoms with van der Waals surface area (Å²) in [6, 6.07) is 8.91. The minimum atomic E-state index is -4.88. The average molecular weight is 471 g/mol. The van der Waals surface area contributed by atoms with Gasteiger partial charge in [0.15, 0.2) is 5.69 Å². The Hall–Kier alpha value is -3.42. The van der Waals surface area contributed by atoms with E-state index in [2.05, 4.69) is 4.85 Å². The molecule has 0 radical (unpaired) electrons. The number of anilines is 2. The Morgan fingerprint density at radius 3 is 2.30 bits per heavy atom. The SMILES string of the molecule is [C-]#[N+]c1ccc(N(CCOc2ccc(N3CCCC3=O)cc2)CC(F)(F)F)cc1C(F)(F)F. The van der Waals surface area contributed by atoms with E-state index >= 15 is 0 Å². The minimum Gasteiger partial charge on any atom is -0.492 e. The van der Waals surface area contributed by atoms with Crippen molar-refractivity contribution in [1.29, 1.82) is 0 Å². The molecule has 0 aliphatic carbocycles. The lowest BCUT2D eigenvalue weighted by Gasteiger charge is -2.27. The summed E-state index contributed by atoms with van der Waals surface area (Å²) in [5.41, 5.74) is -1.62. The number of carbonyl (C=O) groups is 1. The standard InChI is InChI=1S/C22H19F6N3O2/c1-29-19-9-6-16(13-18(19)22(26,27)28)30(14-21(23,24)25)11-12-33-17-7-4-15(5-8-17)31-10-2-3-20(31)32/h4-9,13H,2-3,10-12,14H2. The highest BCUT2D eigenvalue weighted by molar-refractivity contribution is 5.95. The molecule has 1 heterocycles. The van der Waals surface area contributed by atoms with E-state index in [-0.39, 0.29) is 24.7 Å². The molecule has 0 atom stereocenters. The van der Waals surface area contributed by atoms with Crippen molar-refractivity contribution in [3.63, 3.8) is 0 Å². The summed E-state index contributed by atoms with van der Waals surface area (Å²) in [4.78, 5) is 16.9. The molecule has 0 spiro atoms. The Labute approximate surface area is 186 Å². The van der Waals surface area contributed by atoms with Crippen LogP contribution in [-0.4, -0.2) is 38.3 Å². The Bertz CT molecular complexity index is 1030. The van der Waals surface area contributed by atoms with Crippen molar-refractivity contribution in [2.45, 2.75) is 25.2 Å². The molecule has 1 amide bonds. The maximum Gasteiger partial charge on any atom is 0.407 e. The van der Waals surface area contributed by atoms with E-state index in [0.29, 0.717) is 30.5 Å². The lowest BCUT2D eigenvalue weighted by Crippen LogP contribution is -2.37. The van der Waals surface area contributed by atoms with Crippen molar-refractivity contribution >= 4 is 23.0 Å². The minimum absolute atomic E-state index is 0.00826. The highest BCUT2D eigenvalue weighted by Crippen LogP contribution is 2.39. The first-order valence-electron chi connectivity index (χ1n) is 9.91. The molecule has 11 heteroatoms. The van der Waals surface area contributed by atoms with Crippen LogP contribution in [0.4, 0.5) is 43.4 Å². The van der Waals surface area contributed by atoms with Gasteiger partial charge in [-0.15, -0.1) is 0 Å². The zero-order chi connectivity index (χ0) is 24.2. The van der Waals surface area contributed by atoms with Crippen LogP contribution in [0.1, 0.15) is 18.4 Å². The van der Waals surface area contributed by atoms with Gasteiger partial charge in [0.05, 0.1) is 18.7 Å². The van der Waals surface area contributed by atoms with E-state index in [1.54, 1.807) is 29.2 Å². The molecule has 33 heavy (non-hydrogen) atoms. The molecular weight excluding hydrogens is 452 g/mol. The van der Waals surface area contributed by atoms with Crippen LogP contribution in [0.25, 0.3) is 4.85 Å². The van der Waals surface area contributed by atoms with Gasteiger partial charge < -0.3 is 14.5 Å². The number of nitrogens with zero attached hydrogens (tertiary/aromatic N) is 3. The number of amides is 1. The molecule has 2 aromatic carbocycles. The van der Waals surface area contributed by atoms with E-state index in [9.17, 15) is 31.1 Å². The van der Waals surface area contributed by atoms with Crippen molar-refractivity contribution in [1.82, 2.24) is 0 Å². The third-order valence-corrected chi connectivity index (χ3v) is 4.99. The van der Waals surface area contributed by atoms with Crippen LogP contribution in [0.5, 0.6) is 5.75 Å². The number of hydrogen-bond acceptors (Lipinski definition) is 3. The summed E-state index contributed by atoms with van der Waals surface area (Å²) in [5.74, 6) is 0.352. The van der Waals surface area contributed by atoms with Crippen LogP contribution in [-0.2, 0) is 11.0 Å². The van der Waals surface area contributed by atoms with Gasteiger partial charge in [-0.2, -0.15) is 26.3 Å². The molecule has 5 nitrogen and oxygen atoms in total. The zero-order valence-electron chi connectivity index (χ0n) is 17.2. The number of rotatable bonds is 7. The van der Waals surface area contributed by atoms with Crippen molar-refractivity contribution in [3.8, 4) is 5.75 Å². The molecule has 1 saturated heterocycles. The second-order valence-electron chi connectivity index (χ2n) is 7.34. The fraction of sp³-hybridized carbons (Fsp3) is 0.364. The van der Waals surface area contributed by atoms with Crippen molar-refractivity contribution in [2.24, 2.45) is 0 Å². The van der Waals surface area contributed by atoms with Gasteiger partial charge in [0.25, 0.3) is 0 Å². The maximum absolute atomic E-state index is 13.2. The van der Waals surface area contributed by atoms with Gasteiger partial charge in [-0.05, 0) is 42.8 Å². The van der Waals surface area contributed by atoms with Crippen LogP contribution >= 0.6 is 0 Å². The zero-order valence-corrected chi connectivity index (χ0v) is 17.2. The molecule has 1 aliphatic rings. The number of alkyl halides is 6. The fourth-order valence-corrected chi connectivity index (χ4v) is 3.48. The molecule has 0 bridgehead atoms. The summed E-state index contributed by atoms with van der Waals surface area (Å²) in [6.45, 7) is 5.41. The molecule has 0 N–H and O–H groups in total. The number of benzene rings is 2.